The molecule has 0 saturated carbocycles. The summed E-state index contributed by atoms with van der Waals surface area (Å²) in [4.78, 5) is 17.5. The summed E-state index contributed by atoms with van der Waals surface area (Å²) in [6.07, 6.45) is 1.50. The lowest BCUT2D eigenvalue weighted by Gasteiger charge is -2.14. The Balaban J connectivity index is 1.63. The number of aliphatic imine (C=N–C) groups is 1. The van der Waals surface area contributed by atoms with Crippen LogP contribution < -0.4 is 15.0 Å². The minimum absolute atomic E-state index is 0.0940. The smallest absolute Gasteiger partial charge is 0.261 e. The Morgan fingerprint density at radius 2 is 1.74 bits per heavy atom. The largest absolute Gasteiger partial charge is 0.508 e. The predicted molar refractivity (Wildman–Crippen MR) is 117 cm³/mol. The Labute approximate surface area is 177 Å². The number of hydrogen-bond donors (Lipinski definition) is 2. The van der Waals surface area contributed by atoms with E-state index in [4.69, 9.17) is 9.47 Å². The van der Waals surface area contributed by atoms with Gasteiger partial charge in [0.1, 0.15) is 5.75 Å². The molecule has 7 nitrogen and oxygen atoms in total. The Kier molecular flexibility index (Phi) is 4.55. The maximum Gasteiger partial charge on any atom is 0.261 e. The summed E-state index contributed by atoms with van der Waals surface area (Å²) in [6, 6.07) is 19.0. The quantitative estimate of drug-likeness (QED) is 0.494. The Morgan fingerprint density at radius 1 is 0.935 bits per heavy atom. The standard InChI is InChI=1S/C24H18N2O5/c27-17-5-3-4-16(11-17)25-12-20-18-6-1-2-7-19(18)23(28)26(24(20)29)13-15-8-9-21-22(10-15)31-14-30-21/h1-12,27,29H,13-14H2. The third-order valence-corrected chi connectivity index (χ3v) is 5.14. The van der Waals surface area contributed by atoms with Crippen LogP contribution in [0.2, 0.25) is 0 Å². The molecule has 4 aromatic rings. The maximum atomic E-state index is 13.1. The van der Waals surface area contributed by atoms with Crippen LogP contribution in [0.3, 0.4) is 0 Å². The number of ether oxygens (including phenoxy) is 2. The van der Waals surface area contributed by atoms with Crippen molar-refractivity contribution < 1.29 is 19.7 Å². The first kappa shape index (κ1) is 18.7. The number of rotatable bonds is 4. The number of fused-ring (bicyclic) bond motifs is 2. The van der Waals surface area contributed by atoms with Crippen LogP contribution in [0.1, 0.15) is 11.1 Å². The molecule has 0 spiro atoms. The van der Waals surface area contributed by atoms with Crippen LogP contribution in [0, 0.1) is 0 Å². The van der Waals surface area contributed by atoms with Gasteiger partial charge in [-0.05, 0) is 35.9 Å². The highest BCUT2D eigenvalue weighted by molar-refractivity contribution is 6.02. The maximum absolute atomic E-state index is 13.1. The normalized spacial score (nSPS) is 12.6. The second-order valence-corrected chi connectivity index (χ2v) is 7.14. The molecule has 0 saturated heterocycles. The highest BCUT2D eigenvalue weighted by atomic mass is 16.7. The van der Waals surface area contributed by atoms with E-state index in [-0.39, 0.29) is 30.5 Å². The Hall–Kier alpha value is -4.26. The van der Waals surface area contributed by atoms with Crippen molar-refractivity contribution in [3.63, 3.8) is 0 Å². The van der Waals surface area contributed by atoms with E-state index >= 15 is 0 Å². The first-order chi connectivity index (χ1) is 15.1. The van der Waals surface area contributed by atoms with Gasteiger partial charge in [-0.2, -0.15) is 0 Å². The van der Waals surface area contributed by atoms with Crippen LogP contribution in [0.15, 0.2) is 76.5 Å². The van der Waals surface area contributed by atoms with Gasteiger partial charge in [-0.3, -0.25) is 14.4 Å². The second kappa shape index (κ2) is 7.53. The van der Waals surface area contributed by atoms with Crippen molar-refractivity contribution in [3.8, 4) is 23.1 Å². The predicted octanol–water partition coefficient (Wildman–Crippen LogP) is 3.94. The molecule has 0 amide bonds. The van der Waals surface area contributed by atoms with Crippen molar-refractivity contribution in [1.29, 1.82) is 0 Å². The highest BCUT2D eigenvalue weighted by Crippen LogP contribution is 2.33. The second-order valence-electron chi connectivity index (χ2n) is 7.14. The van der Waals surface area contributed by atoms with E-state index < -0.39 is 0 Å². The number of benzene rings is 3. The van der Waals surface area contributed by atoms with Gasteiger partial charge in [0.25, 0.3) is 5.56 Å². The lowest BCUT2D eigenvalue weighted by atomic mass is 10.1. The number of hydrogen-bond acceptors (Lipinski definition) is 6. The van der Waals surface area contributed by atoms with Gasteiger partial charge < -0.3 is 19.7 Å². The molecule has 3 aromatic carbocycles. The fourth-order valence-corrected chi connectivity index (χ4v) is 3.62. The average Bonchev–Trinajstić information content (AvgIpc) is 3.25. The molecule has 0 aliphatic carbocycles. The zero-order valence-corrected chi connectivity index (χ0v) is 16.4. The summed E-state index contributed by atoms with van der Waals surface area (Å²) >= 11 is 0. The molecular formula is C24H18N2O5. The lowest BCUT2D eigenvalue weighted by Crippen LogP contribution is -2.22. The van der Waals surface area contributed by atoms with E-state index in [1.165, 1.54) is 16.8 Å². The van der Waals surface area contributed by atoms with Crippen LogP contribution >= 0.6 is 0 Å². The van der Waals surface area contributed by atoms with Crippen molar-refractivity contribution >= 4 is 22.7 Å². The zero-order valence-electron chi connectivity index (χ0n) is 16.4. The number of nitrogens with zero attached hydrogens (tertiary/aromatic N) is 2. The number of aromatic nitrogens is 1. The third kappa shape index (κ3) is 3.46. The highest BCUT2D eigenvalue weighted by Gasteiger charge is 2.17. The molecular weight excluding hydrogens is 396 g/mol. The molecule has 2 heterocycles. The molecule has 1 aromatic heterocycles. The van der Waals surface area contributed by atoms with Gasteiger partial charge in [-0.25, -0.2) is 0 Å². The fraction of sp³-hybridized carbons (Fsp3) is 0.0833. The SMILES string of the molecule is O=c1c2ccccc2c(C=Nc2cccc(O)c2)c(O)n1Cc1ccc2c(c1)OCO2. The Bertz CT molecular complexity index is 1390. The van der Waals surface area contributed by atoms with Crippen molar-refractivity contribution in [2.45, 2.75) is 6.54 Å². The lowest BCUT2D eigenvalue weighted by molar-refractivity contribution is 0.174. The number of pyridine rings is 1. The molecule has 0 unspecified atom stereocenters. The summed E-state index contributed by atoms with van der Waals surface area (Å²) in [5, 5.41) is 21.7. The number of aromatic hydroxyl groups is 2. The number of phenols is 1. The van der Waals surface area contributed by atoms with Crippen molar-refractivity contribution in [2.24, 2.45) is 4.99 Å². The number of phenolic OH excluding ortho intramolecular Hbond substituents is 1. The van der Waals surface area contributed by atoms with E-state index in [0.29, 0.717) is 33.5 Å². The third-order valence-electron chi connectivity index (χ3n) is 5.14. The summed E-state index contributed by atoms with van der Waals surface area (Å²) in [7, 11) is 0. The summed E-state index contributed by atoms with van der Waals surface area (Å²) < 4.78 is 12.1. The molecule has 1 aliphatic heterocycles. The first-order valence-corrected chi connectivity index (χ1v) is 9.66. The van der Waals surface area contributed by atoms with E-state index in [2.05, 4.69) is 4.99 Å². The van der Waals surface area contributed by atoms with Crippen molar-refractivity contribution in [2.75, 3.05) is 6.79 Å². The van der Waals surface area contributed by atoms with Gasteiger partial charge in [-0.15, -0.1) is 0 Å². The van der Waals surface area contributed by atoms with Crippen LogP contribution in [0.25, 0.3) is 10.8 Å². The first-order valence-electron chi connectivity index (χ1n) is 9.66. The average molecular weight is 414 g/mol. The molecule has 154 valence electrons. The van der Waals surface area contributed by atoms with Gasteiger partial charge in [0.05, 0.1) is 17.8 Å². The summed E-state index contributed by atoms with van der Waals surface area (Å²) in [5.74, 6) is 1.16. The van der Waals surface area contributed by atoms with Gasteiger partial charge in [0, 0.05) is 23.1 Å². The molecule has 2 N–H and O–H groups in total. The molecule has 0 atom stereocenters. The molecule has 5 rings (SSSR count). The zero-order chi connectivity index (χ0) is 21.4. The fourth-order valence-electron chi connectivity index (χ4n) is 3.62. The van der Waals surface area contributed by atoms with Crippen molar-refractivity contribution in [3.05, 3.63) is 88.2 Å². The van der Waals surface area contributed by atoms with Gasteiger partial charge in [0.2, 0.25) is 12.7 Å². The van der Waals surface area contributed by atoms with Gasteiger partial charge in [-0.1, -0.05) is 30.3 Å². The Morgan fingerprint density at radius 3 is 2.58 bits per heavy atom. The molecule has 1 aliphatic rings. The molecule has 0 fully saturated rings. The summed E-state index contributed by atoms with van der Waals surface area (Å²) in [5.41, 5.74) is 1.42. The monoisotopic (exact) mass is 414 g/mol. The van der Waals surface area contributed by atoms with Gasteiger partial charge in [0.15, 0.2) is 11.5 Å². The molecule has 7 heteroatoms. The van der Waals surface area contributed by atoms with Crippen LogP contribution in [0.5, 0.6) is 23.1 Å². The van der Waals surface area contributed by atoms with E-state index in [1.54, 1.807) is 54.6 Å². The summed E-state index contributed by atoms with van der Waals surface area (Å²) in [6.45, 7) is 0.314. The van der Waals surface area contributed by atoms with Crippen molar-refractivity contribution in [1.82, 2.24) is 4.57 Å². The van der Waals surface area contributed by atoms with Crippen LogP contribution in [-0.2, 0) is 6.54 Å². The minimum Gasteiger partial charge on any atom is -0.508 e. The van der Waals surface area contributed by atoms with Crippen LogP contribution in [-0.4, -0.2) is 27.8 Å². The van der Waals surface area contributed by atoms with E-state index in [0.717, 1.165) is 5.56 Å². The molecule has 0 radical (unpaired) electrons. The van der Waals surface area contributed by atoms with Gasteiger partial charge >= 0.3 is 0 Å². The van der Waals surface area contributed by atoms with E-state index in [1.807, 2.05) is 6.07 Å². The van der Waals surface area contributed by atoms with E-state index in [9.17, 15) is 15.0 Å². The minimum atomic E-state index is -0.305. The molecule has 0 bridgehead atoms. The van der Waals surface area contributed by atoms with Crippen LogP contribution in [0.4, 0.5) is 5.69 Å². The molecule has 31 heavy (non-hydrogen) atoms. The topological polar surface area (TPSA) is 93.3 Å².